The van der Waals surface area contributed by atoms with Crippen LogP contribution in [-0.2, 0) is 18.9 Å². The Kier molecular flexibility index (Phi) is 9.65. The van der Waals surface area contributed by atoms with E-state index in [2.05, 4.69) is 0 Å². The van der Waals surface area contributed by atoms with Gasteiger partial charge in [0.15, 0.2) is 0 Å². The van der Waals surface area contributed by atoms with E-state index in [9.17, 15) is 9.59 Å². The zero-order valence-corrected chi connectivity index (χ0v) is 16.3. The van der Waals surface area contributed by atoms with Crippen LogP contribution in [0.5, 0.6) is 0 Å². The summed E-state index contributed by atoms with van der Waals surface area (Å²) >= 11 is 6.04. The molecular formula is C18H26ClNO6. The highest BCUT2D eigenvalue weighted by Gasteiger charge is 2.12. The highest BCUT2D eigenvalue weighted by molar-refractivity contribution is 6.30. The van der Waals surface area contributed by atoms with E-state index < -0.39 is 12.3 Å². The molecule has 1 aromatic rings. The van der Waals surface area contributed by atoms with Crippen molar-refractivity contribution >= 4 is 29.6 Å². The Labute approximate surface area is 159 Å². The number of ether oxygens (including phenoxy) is 4. The largest absolute Gasteiger partial charge is 0.508 e. The van der Waals surface area contributed by atoms with Crippen molar-refractivity contribution in [1.82, 2.24) is 0 Å². The first kappa shape index (κ1) is 21.9. The lowest BCUT2D eigenvalue weighted by Gasteiger charge is -2.24. The first-order valence-corrected chi connectivity index (χ1v) is 8.83. The molecule has 0 heterocycles. The maximum absolute atomic E-state index is 11.5. The molecule has 0 N–H and O–H groups in total. The molecular weight excluding hydrogens is 362 g/mol. The molecule has 0 fully saturated rings. The van der Waals surface area contributed by atoms with E-state index >= 15 is 0 Å². The van der Waals surface area contributed by atoms with Gasteiger partial charge in [0.25, 0.3) is 0 Å². The molecule has 0 aliphatic heterocycles. The lowest BCUT2D eigenvalue weighted by Crippen LogP contribution is -2.32. The summed E-state index contributed by atoms with van der Waals surface area (Å²) in [6.45, 7) is 7.98. The first-order valence-electron chi connectivity index (χ1n) is 8.45. The van der Waals surface area contributed by atoms with Gasteiger partial charge in [0.1, 0.15) is 13.2 Å². The summed E-state index contributed by atoms with van der Waals surface area (Å²) < 4.78 is 19.9. The van der Waals surface area contributed by atoms with Gasteiger partial charge in [-0.1, -0.05) is 17.7 Å². The molecule has 0 radical (unpaired) electrons. The zero-order valence-electron chi connectivity index (χ0n) is 15.6. The second kappa shape index (κ2) is 11.5. The first-order chi connectivity index (χ1) is 12.3. The quantitative estimate of drug-likeness (QED) is 0.585. The number of hydrogen-bond donors (Lipinski definition) is 0. The fourth-order valence-corrected chi connectivity index (χ4v) is 2.16. The maximum Gasteiger partial charge on any atom is 0.508 e. The molecule has 26 heavy (non-hydrogen) atoms. The maximum atomic E-state index is 11.5. The van der Waals surface area contributed by atoms with Gasteiger partial charge >= 0.3 is 12.3 Å². The Bertz CT molecular complexity index is 551. The van der Waals surface area contributed by atoms with Gasteiger partial charge in [-0.25, -0.2) is 9.59 Å². The molecule has 146 valence electrons. The minimum absolute atomic E-state index is 0.120. The van der Waals surface area contributed by atoms with E-state index in [-0.39, 0.29) is 25.4 Å². The van der Waals surface area contributed by atoms with Crippen LogP contribution in [0.25, 0.3) is 0 Å². The van der Waals surface area contributed by atoms with Crippen LogP contribution in [0.1, 0.15) is 27.7 Å². The van der Waals surface area contributed by atoms with Crippen molar-refractivity contribution in [2.75, 3.05) is 31.2 Å². The molecule has 0 aromatic heterocycles. The van der Waals surface area contributed by atoms with Crippen molar-refractivity contribution in [2.24, 2.45) is 0 Å². The highest BCUT2D eigenvalue weighted by Crippen LogP contribution is 2.19. The standard InChI is InChI=1S/C18H26ClNO6/c1-13(2)25-17(21)23-10-8-20(16-7-5-6-15(19)12-16)9-11-24-18(22)26-14(3)4/h5-7,12-14H,8-11H2,1-4H3. The topological polar surface area (TPSA) is 74.3 Å². The van der Waals surface area contributed by atoms with Crippen molar-refractivity contribution in [3.05, 3.63) is 29.3 Å². The molecule has 0 amide bonds. The Morgan fingerprint density at radius 2 is 1.46 bits per heavy atom. The van der Waals surface area contributed by atoms with E-state index in [1.165, 1.54) is 0 Å². The summed E-state index contributed by atoms with van der Waals surface area (Å²) in [6.07, 6.45) is -1.93. The molecule has 0 unspecified atom stereocenters. The second-order valence-electron chi connectivity index (χ2n) is 6.00. The summed E-state index contributed by atoms with van der Waals surface area (Å²) in [6, 6.07) is 7.22. The van der Waals surface area contributed by atoms with Crippen LogP contribution in [0.2, 0.25) is 5.02 Å². The highest BCUT2D eigenvalue weighted by atomic mass is 35.5. The predicted molar refractivity (Wildman–Crippen MR) is 98.8 cm³/mol. The molecule has 0 saturated carbocycles. The molecule has 7 nitrogen and oxygen atoms in total. The van der Waals surface area contributed by atoms with Gasteiger partial charge in [0.05, 0.1) is 25.3 Å². The summed E-state index contributed by atoms with van der Waals surface area (Å²) in [5, 5.41) is 0.577. The summed E-state index contributed by atoms with van der Waals surface area (Å²) in [7, 11) is 0. The normalized spacial score (nSPS) is 10.6. The number of benzene rings is 1. The van der Waals surface area contributed by atoms with Gasteiger partial charge in [-0.15, -0.1) is 0 Å². The van der Waals surface area contributed by atoms with Crippen molar-refractivity contribution in [1.29, 1.82) is 0 Å². The van der Waals surface area contributed by atoms with E-state index in [0.717, 1.165) is 5.69 Å². The van der Waals surface area contributed by atoms with E-state index in [0.29, 0.717) is 18.1 Å². The van der Waals surface area contributed by atoms with Crippen molar-refractivity contribution in [3.63, 3.8) is 0 Å². The smallest absolute Gasteiger partial charge is 0.432 e. The number of nitrogens with zero attached hydrogens (tertiary/aromatic N) is 1. The summed E-state index contributed by atoms with van der Waals surface area (Å²) in [5.41, 5.74) is 0.819. The van der Waals surface area contributed by atoms with Crippen molar-refractivity contribution in [3.8, 4) is 0 Å². The van der Waals surface area contributed by atoms with Gasteiger partial charge in [0.2, 0.25) is 0 Å². The molecule has 1 aromatic carbocycles. The Hall–Kier alpha value is -2.15. The minimum Gasteiger partial charge on any atom is -0.432 e. The molecule has 0 aliphatic carbocycles. The molecule has 0 aliphatic rings. The third kappa shape index (κ3) is 9.36. The molecule has 0 saturated heterocycles. The van der Waals surface area contributed by atoms with E-state index in [1.54, 1.807) is 39.8 Å². The summed E-state index contributed by atoms with van der Waals surface area (Å²) in [5.74, 6) is 0. The Morgan fingerprint density at radius 3 is 1.88 bits per heavy atom. The van der Waals surface area contributed by atoms with Crippen LogP contribution in [-0.4, -0.2) is 50.8 Å². The number of rotatable bonds is 9. The van der Waals surface area contributed by atoms with E-state index in [4.69, 9.17) is 30.5 Å². The van der Waals surface area contributed by atoms with Crippen LogP contribution >= 0.6 is 11.6 Å². The van der Waals surface area contributed by atoms with Gasteiger partial charge in [-0.2, -0.15) is 0 Å². The summed E-state index contributed by atoms with van der Waals surface area (Å²) in [4.78, 5) is 24.8. The second-order valence-corrected chi connectivity index (χ2v) is 6.43. The third-order valence-corrected chi connectivity index (χ3v) is 3.23. The number of anilines is 1. The van der Waals surface area contributed by atoms with Crippen LogP contribution in [0, 0.1) is 0 Å². The molecule has 8 heteroatoms. The molecule has 0 bridgehead atoms. The fourth-order valence-electron chi connectivity index (χ4n) is 1.97. The molecule has 0 atom stereocenters. The third-order valence-electron chi connectivity index (χ3n) is 3.00. The number of carbonyl (C=O) groups is 2. The van der Waals surface area contributed by atoms with Gasteiger partial charge in [-0.3, -0.25) is 0 Å². The molecule has 0 spiro atoms. The van der Waals surface area contributed by atoms with Crippen LogP contribution in [0.15, 0.2) is 24.3 Å². The Balaban J connectivity index is 2.57. The number of halogens is 1. The monoisotopic (exact) mass is 387 g/mol. The van der Waals surface area contributed by atoms with Crippen LogP contribution in [0.4, 0.5) is 15.3 Å². The van der Waals surface area contributed by atoms with Gasteiger partial charge in [-0.05, 0) is 45.9 Å². The van der Waals surface area contributed by atoms with Crippen molar-refractivity contribution in [2.45, 2.75) is 39.9 Å². The lowest BCUT2D eigenvalue weighted by molar-refractivity contribution is 0.0343. The fraction of sp³-hybridized carbons (Fsp3) is 0.556. The zero-order chi connectivity index (χ0) is 19.5. The number of carbonyl (C=O) groups excluding carboxylic acids is 2. The van der Waals surface area contributed by atoms with Crippen molar-refractivity contribution < 1.29 is 28.5 Å². The minimum atomic E-state index is -0.720. The lowest BCUT2D eigenvalue weighted by atomic mass is 10.3. The molecule has 1 rings (SSSR count). The SMILES string of the molecule is CC(C)OC(=O)OCCN(CCOC(=O)OC(C)C)c1cccc(Cl)c1. The van der Waals surface area contributed by atoms with E-state index in [1.807, 2.05) is 17.0 Å². The van der Waals surface area contributed by atoms with Crippen LogP contribution < -0.4 is 4.90 Å². The average Bonchev–Trinajstić information content (AvgIpc) is 2.52. The van der Waals surface area contributed by atoms with Crippen LogP contribution in [0.3, 0.4) is 0 Å². The number of hydrogen-bond acceptors (Lipinski definition) is 7. The van der Waals surface area contributed by atoms with Gasteiger partial charge < -0.3 is 23.8 Å². The Morgan fingerprint density at radius 1 is 0.962 bits per heavy atom. The average molecular weight is 388 g/mol. The van der Waals surface area contributed by atoms with Gasteiger partial charge in [0, 0.05) is 10.7 Å². The predicted octanol–water partition coefficient (Wildman–Crippen LogP) is 4.27.